The van der Waals surface area contributed by atoms with Gasteiger partial charge in [-0.3, -0.25) is 0 Å². The molecule has 2 aromatic rings. The number of hydrogen-bond acceptors (Lipinski definition) is 2. The fraction of sp³-hybridized carbons (Fsp3) is 0.385. The fourth-order valence-corrected chi connectivity index (χ4v) is 3.59. The molecule has 0 aliphatic heterocycles. The number of fused-ring (bicyclic) bond motifs is 6. The Morgan fingerprint density at radius 2 is 1.81 bits per heavy atom. The predicted octanol–water partition coefficient (Wildman–Crippen LogP) is 3.76. The van der Waals surface area contributed by atoms with E-state index in [4.69, 9.17) is 9.97 Å². The summed E-state index contributed by atoms with van der Waals surface area (Å²) in [6.07, 6.45) is 3.90. The molecule has 1 heterocycles. The molecular weight excluding hydrogens is 264 g/mol. The summed E-state index contributed by atoms with van der Waals surface area (Å²) in [5.74, 6) is 1.37. The van der Waals surface area contributed by atoms with Crippen molar-refractivity contribution in [2.24, 2.45) is 0 Å². The van der Waals surface area contributed by atoms with Crippen LogP contribution in [0.4, 0.5) is 0 Å². The molecule has 0 radical (unpaired) electrons. The Morgan fingerprint density at radius 3 is 2.62 bits per heavy atom. The van der Waals surface area contributed by atoms with E-state index in [0.717, 1.165) is 15.5 Å². The van der Waals surface area contributed by atoms with E-state index in [-0.39, 0.29) is 0 Å². The molecule has 0 amide bonds. The molecule has 16 heavy (non-hydrogen) atoms. The largest absolute Gasteiger partial charge is 0.249 e. The van der Waals surface area contributed by atoms with Gasteiger partial charge in [0.15, 0.2) is 0 Å². The van der Waals surface area contributed by atoms with Crippen molar-refractivity contribution in [3.63, 3.8) is 0 Å². The maximum atomic E-state index is 4.83. The Kier molecular flexibility index (Phi) is 1.73. The average molecular weight is 275 g/mol. The average Bonchev–Trinajstić information content (AvgIpc) is 2.88. The summed E-state index contributed by atoms with van der Waals surface area (Å²) >= 11 is 3.56. The lowest BCUT2D eigenvalue weighted by Crippen LogP contribution is -2.04. The Hall–Kier alpha value is -0.960. The minimum absolute atomic E-state index is 0.684. The van der Waals surface area contributed by atoms with Crippen LogP contribution in [0.1, 0.15) is 42.5 Å². The smallest absolute Gasteiger partial charge is 0.103 e. The molecule has 80 valence electrons. The van der Waals surface area contributed by atoms with Crippen molar-refractivity contribution in [1.82, 2.24) is 9.97 Å². The molecular formula is C13H11BrN2. The molecule has 2 nitrogen and oxygen atoms in total. The normalized spacial score (nSPS) is 26.3. The van der Waals surface area contributed by atoms with E-state index in [0.29, 0.717) is 11.8 Å². The highest BCUT2D eigenvalue weighted by Gasteiger charge is 2.39. The summed E-state index contributed by atoms with van der Waals surface area (Å²) in [7, 11) is 0. The van der Waals surface area contributed by atoms with Crippen LogP contribution < -0.4 is 0 Å². The van der Waals surface area contributed by atoms with Gasteiger partial charge in [-0.1, -0.05) is 6.07 Å². The van der Waals surface area contributed by atoms with Crippen LogP contribution in [0.5, 0.6) is 0 Å². The molecule has 0 N–H and O–H groups in total. The van der Waals surface area contributed by atoms with Crippen molar-refractivity contribution in [2.75, 3.05) is 0 Å². The van der Waals surface area contributed by atoms with E-state index < -0.39 is 0 Å². The molecule has 1 saturated carbocycles. The zero-order valence-corrected chi connectivity index (χ0v) is 10.4. The number of nitrogens with zero attached hydrogens (tertiary/aromatic N) is 2. The molecule has 0 saturated heterocycles. The van der Waals surface area contributed by atoms with E-state index in [1.165, 1.54) is 30.7 Å². The standard InChI is InChI=1S/C13H11BrN2/c14-9-2-1-3-10-13(9)16-12-8-5-4-7(6-8)11(12)15-10/h1-3,7-8H,4-6H2. The van der Waals surface area contributed by atoms with Crippen LogP contribution in [0.3, 0.4) is 0 Å². The van der Waals surface area contributed by atoms with E-state index in [9.17, 15) is 0 Å². The summed E-state index contributed by atoms with van der Waals surface area (Å²) in [6, 6.07) is 6.12. The zero-order chi connectivity index (χ0) is 10.7. The second-order valence-electron chi connectivity index (χ2n) is 4.81. The van der Waals surface area contributed by atoms with Crippen molar-refractivity contribution in [3.05, 3.63) is 34.1 Å². The Bertz CT molecular complexity index is 594. The number of rotatable bonds is 0. The maximum absolute atomic E-state index is 4.83. The molecule has 0 spiro atoms. The van der Waals surface area contributed by atoms with Gasteiger partial charge in [-0.25, -0.2) is 9.97 Å². The third-order valence-corrected chi connectivity index (χ3v) is 4.55. The molecule has 1 aromatic heterocycles. The van der Waals surface area contributed by atoms with E-state index in [2.05, 4.69) is 22.0 Å². The molecule has 4 rings (SSSR count). The van der Waals surface area contributed by atoms with Gasteiger partial charge in [-0.15, -0.1) is 0 Å². The molecule has 1 fully saturated rings. The lowest BCUT2D eigenvalue weighted by Gasteiger charge is -2.14. The number of hydrogen-bond donors (Lipinski definition) is 0. The molecule has 1 aromatic carbocycles. The van der Waals surface area contributed by atoms with Gasteiger partial charge in [0.05, 0.1) is 16.9 Å². The lowest BCUT2D eigenvalue weighted by atomic mass is 10.0. The first-order valence-electron chi connectivity index (χ1n) is 5.79. The van der Waals surface area contributed by atoms with E-state index in [1.807, 2.05) is 12.1 Å². The summed E-state index contributed by atoms with van der Waals surface area (Å²) in [6.45, 7) is 0. The van der Waals surface area contributed by atoms with Crippen LogP contribution in [0.2, 0.25) is 0 Å². The van der Waals surface area contributed by atoms with Crippen molar-refractivity contribution < 1.29 is 0 Å². The number of benzene rings is 1. The van der Waals surface area contributed by atoms with Gasteiger partial charge in [-0.2, -0.15) is 0 Å². The summed E-state index contributed by atoms with van der Waals surface area (Å²) < 4.78 is 1.06. The van der Waals surface area contributed by atoms with Gasteiger partial charge in [0, 0.05) is 16.3 Å². The third kappa shape index (κ3) is 1.07. The highest BCUT2D eigenvalue weighted by atomic mass is 79.9. The van der Waals surface area contributed by atoms with Crippen LogP contribution in [-0.2, 0) is 0 Å². The summed E-state index contributed by atoms with van der Waals surface area (Å²) in [5.41, 5.74) is 4.60. The molecule has 2 unspecified atom stereocenters. The molecule has 2 bridgehead atoms. The second-order valence-corrected chi connectivity index (χ2v) is 5.66. The highest BCUT2D eigenvalue weighted by Crippen LogP contribution is 2.51. The minimum Gasteiger partial charge on any atom is -0.249 e. The van der Waals surface area contributed by atoms with Crippen LogP contribution in [0.25, 0.3) is 11.0 Å². The first-order valence-corrected chi connectivity index (χ1v) is 6.58. The fourth-order valence-electron chi connectivity index (χ4n) is 3.15. The molecule has 2 aliphatic rings. The lowest BCUT2D eigenvalue weighted by molar-refractivity contribution is 0.685. The summed E-state index contributed by atoms with van der Waals surface area (Å²) in [4.78, 5) is 9.64. The molecule has 2 atom stereocenters. The van der Waals surface area contributed by atoms with Crippen LogP contribution in [0, 0.1) is 0 Å². The van der Waals surface area contributed by atoms with E-state index in [1.54, 1.807) is 0 Å². The Morgan fingerprint density at radius 1 is 1.06 bits per heavy atom. The van der Waals surface area contributed by atoms with Crippen LogP contribution >= 0.6 is 15.9 Å². The van der Waals surface area contributed by atoms with E-state index >= 15 is 0 Å². The molecule has 2 aliphatic carbocycles. The van der Waals surface area contributed by atoms with Gasteiger partial charge in [0.1, 0.15) is 5.52 Å². The monoisotopic (exact) mass is 274 g/mol. The first-order chi connectivity index (χ1) is 7.83. The second kappa shape index (κ2) is 3.04. The zero-order valence-electron chi connectivity index (χ0n) is 8.78. The Labute approximate surface area is 102 Å². The quantitative estimate of drug-likeness (QED) is 0.731. The van der Waals surface area contributed by atoms with Gasteiger partial charge < -0.3 is 0 Å². The van der Waals surface area contributed by atoms with Crippen LogP contribution in [-0.4, -0.2) is 9.97 Å². The van der Waals surface area contributed by atoms with Gasteiger partial charge in [0.2, 0.25) is 0 Å². The van der Waals surface area contributed by atoms with Crippen molar-refractivity contribution >= 4 is 27.0 Å². The number of aromatic nitrogens is 2. The highest BCUT2D eigenvalue weighted by molar-refractivity contribution is 9.10. The first kappa shape index (κ1) is 9.11. The number of halogens is 1. The maximum Gasteiger partial charge on any atom is 0.103 e. The minimum atomic E-state index is 0.684. The van der Waals surface area contributed by atoms with Gasteiger partial charge >= 0.3 is 0 Å². The SMILES string of the molecule is Brc1cccc2nc3c(nc12)C1CCC3C1. The predicted molar refractivity (Wildman–Crippen MR) is 66.6 cm³/mol. The topological polar surface area (TPSA) is 25.8 Å². The third-order valence-electron chi connectivity index (χ3n) is 3.91. The van der Waals surface area contributed by atoms with Gasteiger partial charge in [-0.05, 0) is 47.3 Å². The van der Waals surface area contributed by atoms with Crippen molar-refractivity contribution in [3.8, 4) is 0 Å². The van der Waals surface area contributed by atoms with Gasteiger partial charge in [0.25, 0.3) is 0 Å². The van der Waals surface area contributed by atoms with Crippen molar-refractivity contribution in [2.45, 2.75) is 31.1 Å². The summed E-state index contributed by atoms with van der Waals surface area (Å²) in [5, 5.41) is 0. The van der Waals surface area contributed by atoms with Crippen molar-refractivity contribution in [1.29, 1.82) is 0 Å². The molecule has 3 heteroatoms. The number of para-hydroxylation sites is 1. The Balaban J connectivity index is 2.08. The van der Waals surface area contributed by atoms with Crippen LogP contribution in [0.15, 0.2) is 22.7 Å².